The van der Waals surface area contributed by atoms with Crippen LogP contribution >= 0.6 is 0 Å². The Morgan fingerprint density at radius 1 is 1.15 bits per heavy atom. The minimum absolute atomic E-state index is 0.0436. The average Bonchev–Trinajstić information content (AvgIpc) is 2.73. The summed E-state index contributed by atoms with van der Waals surface area (Å²) < 4.78 is 26.0. The monoisotopic (exact) mass is 387 g/mol. The van der Waals surface area contributed by atoms with Gasteiger partial charge in [0.2, 0.25) is 10.0 Å². The summed E-state index contributed by atoms with van der Waals surface area (Å²) >= 11 is 0. The fourth-order valence-corrected chi connectivity index (χ4v) is 4.01. The Kier molecular flexibility index (Phi) is 5.94. The molecule has 0 spiro atoms. The Morgan fingerprint density at radius 2 is 1.81 bits per heavy atom. The number of hydrogen-bond donors (Lipinski definition) is 2. The van der Waals surface area contributed by atoms with Crippen molar-refractivity contribution in [1.29, 1.82) is 0 Å². The summed E-state index contributed by atoms with van der Waals surface area (Å²) in [5.74, 6) is -0.0885. The maximum Gasteiger partial charge on any atom is 0.254 e. The minimum Gasteiger partial charge on any atom is -0.329 e. The first kappa shape index (κ1) is 19.5. The Labute approximate surface area is 160 Å². The van der Waals surface area contributed by atoms with Crippen molar-refractivity contribution in [3.8, 4) is 0 Å². The van der Waals surface area contributed by atoms with E-state index in [9.17, 15) is 13.2 Å². The molecule has 144 valence electrons. The summed E-state index contributed by atoms with van der Waals surface area (Å²) in [6, 6.07) is 14.4. The van der Waals surface area contributed by atoms with Crippen molar-refractivity contribution in [1.82, 2.24) is 14.9 Å². The second-order valence-corrected chi connectivity index (χ2v) is 8.43. The molecule has 1 saturated heterocycles. The van der Waals surface area contributed by atoms with E-state index in [0.717, 1.165) is 18.5 Å². The number of nitrogens with one attached hydrogen (secondary N) is 2. The lowest BCUT2D eigenvalue weighted by Crippen LogP contribution is -2.48. The number of carbonyl (C=O) groups is 1. The van der Waals surface area contributed by atoms with Gasteiger partial charge in [0.15, 0.2) is 0 Å². The zero-order valence-corrected chi connectivity index (χ0v) is 16.4. The maximum atomic E-state index is 13.1. The lowest BCUT2D eigenvalue weighted by Gasteiger charge is -2.36. The highest BCUT2D eigenvalue weighted by atomic mass is 32.2. The molecule has 0 saturated carbocycles. The Hall–Kier alpha value is -2.22. The Balaban J connectivity index is 1.84. The van der Waals surface area contributed by atoms with Crippen LogP contribution in [0.1, 0.15) is 34.5 Å². The number of amides is 1. The van der Waals surface area contributed by atoms with Crippen LogP contribution in [-0.4, -0.2) is 45.9 Å². The lowest BCUT2D eigenvalue weighted by atomic mass is 10.00. The molecule has 0 aromatic heterocycles. The van der Waals surface area contributed by atoms with Gasteiger partial charge in [-0.1, -0.05) is 31.2 Å². The molecule has 2 N–H and O–H groups in total. The van der Waals surface area contributed by atoms with E-state index < -0.39 is 10.0 Å². The molecule has 0 bridgehead atoms. The van der Waals surface area contributed by atoms with Crippen LogP contribution in [-0.2, 0) is 16.4 Å². The van der Waals surface area contributed by atoms with Gasteiger partial charge in [-0.15, -0.1) is 0 Å². The molecule has 2 aromatic carbocycles. The molecule has 1 aliphatic rings. The molecule has 2 aromatic rings. The van der Waals surface area contributed by atoms with Crippen molar-refractivity contribution >= 4 is 15.9 Å². The van der Waals surface area contributed by atoms with E-state index in [1.807, 2.05) is 4.90 Å². The highest BCUT2D eigenvalue weighted by Gasteiger charge is 2.28. The zero-order chi connectivity index (χ0) is 19.4. The summed E-state index contributed by atoms with van der Waals surface area (Å²) in [5, 5.41) is 3.35. The molecule has 6 nitrogen and oxygen atoms in total. The van der Waals surface area contributed by atoms with Crippen LogP contribution in [0.25, 0.3) is 0 Å². The van der Waals surface area contributed by atoms with Crippen LogP contribution in [0.3, 0.4) is 0 Å². The van der Waals surface area contributed by atoms with Crippen LogP contribution in [0.15, 0.2) is 53.4 Å². The van der Waals surface area contributed by atoms with Crippen molar-refractivity contribution in [3.05, 3.63) is 65.2 Å². The first-order valence-corrected chi connectivity index (χ1v) is 10.6. The highest BCUT2D eigenvalue weighted by Crippen LogP contribution is 2.25. The smallest absolute Gasteiger partial charge is 0.254 e. The van der Waals surface area contributed by atoms with Crippen LogP contribution in [0.2, 0.25) is 0 Å². The molecular weight excluding hydrogens is 362 g/mol. The number of piperazine rings is 1. The van der Waals surface area contributed by atoms with E-state index in [1.54, 1.807) is 12.1 Å². The number of sulfonamides is 1. The van der Waals surface area contributed by atoms with E-state index >= 15 is 0 Å². The van der Waals surface area contributed by atoms with Crippen molar-refractivity contribution in [2.45, 2.75) is 24.3 Å². The zero-order valence-electron chi connectivity index (χ0n) is 15.6. The number of hydrogen-bond acceptors (Lipinski definition) is 4. The second-order valence-electron chi connectivity index (χ2n) is 6.55. The molecule has 0 aliphatic carbocycles. The maximum absolute atomic E-state index is 13.1. The molecule has 3 rings (SSSR count). The molecule has 1 atom stereocenters. The number of benzene rings is 2. The van der Waals surface area contributed by atoms with Gasteiger partial charge in [0, 0.05) is 25.2 Å². The SMILES string of the molecule is CCc1ccc(C2CNCCN2C(=O)c2ccc(S(=O)(=O)NC)cc2)cc1. The van der Waals surface area contributed by atoms with Crippen LogP contribution in [0.5, 0.6) is 0 Å². The predicted octanol–water partition coefficient (Wildman–Crippen LogP) is 1.94. The fraction of sp³-hybridized carbons (Fsp3) is 0.350. The van der Waals surface area contributed by atoms with Crippen LogP contribution in [0, 0.1) is 0 Å². The molecule has 1 fully saturated rings. The Morgan fingerprint density at radius 3 is 2.41 bits per heavy atom. The van der Waals surface area contributed by atoms with Gasteiger partial charge >= 0.3 is 0 Å². The summed E-state index contributed by atoms with van der Waals surface area (Å²) in [6.07, 6.45) is 0.980. The van der Waals surface area contributed by atoms with Crippen molar-refractivity contribution in [2.75, 3.05) is 26.7 Å². The number of rotatable bonds is 5. The van der Waals surface area contributed by atoms with Gasteiger partial charge in [-0.05, 0) is 48.9 Å². The van der Waals surface area contributed by atoms with Crippen molar-refractivity contribution < 1.29 is 13.2 Å². The lowest BCUT2D eigenvalue weighted by molar-refractivity contribution is 0.0634. The number of aryl methyl sites for hydroxylation is 1. The van der Waals surface area contributed by atoms with E-state index in [-0.39, 0.29) is 16.8 Å². The predicted molar refractivity (Wildman–Crippen MR) is 105 cm³/mol. The third kappa shape index (κ3) is 4.21. The summed E-state index contributed by atoms with van der Waals surface area (Å²) in [5.41, 5.74) is 2.85. The summed E-state index contributed by atoms with van der Waals surface area (Å²) in [7, 11) is -2.15. The fourth-order valence-electron chi connectivity index (χ4n) is 3.28. The highest BCUT2D eigenvalue weighted by molar-refractivity contribution is 7.89. The normalized spacial score (nSPS) is 17.7. The van der Waals surface area contributed by atoms with Gasteiger partial charge in [0.05, 0.1) is 10.9 Å². The molecule has 0 radical (unpaired) electrons. The molecule has 1 unspecified atom stereocenters. The van der Waals surface area contributed by atoms with Gasteiger partial charge in [0.1, 0.15) is 0 Å². The van der Waals surface area contributed by atoms with Gasteiger partial charge in [-0.25, -0.2) is 13.1 Å². The molecule has 1 heterocycles. The Bertz CT molecular complexity index is 893. The molecule has 1 amide bonds. The van der Waals surface area contributed by atoms with E-state index in [1.165, 1.54) is 24.7 Å². The summed E-state index contributed by atoms with van der Waals surface area (Å²) in [6.45, 7) is 4.16. The molecule has 7 heteroatoms. The first-order valence-electron chi connectivity index (χ1n) is 9.10. The van der Waals surface area contributed by atoms with E-state index in [0.29, 0.717) is 18.7 Å². The van der Waals surface area contributed by atoms with Gasteiger partial charge in [0.25, 0.3) is 5.91 Å². The van der Waals surface area contributed by atoms with Crippen molar-refractivity contribution in [3.63, 3.8) is 0 Å². The minimum atomic E-state index is -3.51. The van der Waals surface area contributed by atoms with Gasteiger partial charge in [-0.3, -0.25) is 4.79 Å². The van der Waals surface area contributed by atoms with Gasteiger partial charge in [-0.2, -0.15) is 0 Å². The molecule has 27 heavy (non-hydrogen) atoms. The third-order valence-electron chi connectivity index (χ3n) is 4.96. The first-order chi connectivity index (χ1) is 13.0. The standard InChI is InChI=1S/C20H25N3O3S/c1-3-15-4-6-16(7-5-15)19-14-22-12-13-23(19)20(24)17-8-10-18(11-9-17)27(25,26)21-2/h4-11,19,21-22H,3,12-14H2,1-2H3. The average molecular weight is 388 g/mol. The molecule has 1 aliphatic heterocycles. The van der Waals surface area contributed by atoms with Crippen molar-refractivity contribution in [2.24, 2.45) is 0 Å². The quantitative estimate of drug-likeness (QED) is 0.822. The summed E-state index contributed by atoms with van der Waals surface area (Å²) in [4.78, 5) is 15.1. The number of nitrogens with zero attached hydrogens (tertiary/aromatic N) is 1. The largest absolute Gasteiger partial charge is 0.329 e. The second kappa shape index (κ2) is 8.21. The van der Waals surface area contributed by atoms with Gasteiger partial charge < -0.3 is 10.2 Å². The van der Waals surface area contributed by atoms with Crippen LogP contribution < -0.4 is 10.0 Å². The molecular formula is C20H25N3O3S. The van der Waals surface area contributed by atoms with E-state index in [2.05, 4.69) is 41.2 Å². The van der Waals surface area contributed by atoms with Crippen LogP contribution in [0.4, 0.5) is 0 Å². The topological polar surface area (TPSA) is 78.5 Å². The third-order valence-corrected chi connectivity index (χ3v) is 6.39. The van der Waals surface area contributed by atoms with E-state index in [4.69, 9.17) is 0 Å². The number of carbonyl (C=O) groups excluding carboxylic acids is 1.